The number of aromatic nitrogens is 1. The number of halogens is 2. The Hall–Kier alpha value is -3.57. The van der Waals surface area contributed by atoms with Gasteiger partial charge in [0.05, 0.1) is 0 Å². The lowest BCUT2D eigenvalue weighted by atomic mass is 9.90. The minimum absolute atomic E-state index is 0.0496. The van der Waals surface area contributed by atoms with E-state index in [-0.39, 0.29) is 38.0 Å². The third-order valence-corrected chi connectivity index (χ3v) is 6.60. The molecule has 3 amide bonds. The van der Waals surface area contributed by atoms with Crippen LogP contribution >= 0.6 is 0 Å². The quantitative estimate of drug-likeness (QED) is 0.301. The van der Waals surface area contributed by atoms with Crippen LogP contribution in [0.4, 0.5) is 8.63 Å². The van der Waals surface area contributed by atoms with Crippen LogP contribution in [0.25, 0.3) is 6.08 Å². The highest BCUT2D eigenvalue weighted by Gasteiger charge is 2.52. The summed E-state index contributed by atoms with van der Waals surface area (Å²) in [5.74, 6) is -1.91. The molecular weight excluding hydrogens is 473 g/mol. The van der Waals surface area contributed by atoms with Crippen molar-refractivity contribution in [1.29, 1.82) is 0 Å². The maximum Gasteiger partial charge on any atom is 0.737 e. The summed E-state index contributed by atoms with van der Waals surface area (Å²) in [6.07, 6.45) is 7.21. The van der Waals surface area contributed by atoms with Gasteiger partial charge in [-0.1, -0.05) is 6.42 Å². The van der Waals surface area contributed by atoms with E-state index in [1.807, 2.05) is 6.92 Å². The van der Waals surface area contributed by atoms with Crippen LogP contribution in [0.3, 0.4) is 0 Å². The number of rotatable bonds is 10. The molecule has 0 radical (unpaired) electrons. The summed E-state index contributed by atoms with van der Waals surface area (Å²) < 4.78 is 33.0. The van der Waals surface area contributed by atoms with Gasteiger partial charge < -0.3 is 27.8 Å². The smallest absolute Gasteiger partial charge is 0.394 e. The molecule has 1 saturated heterocycles. The average molecular weight is 502 g/mol. The molecule has 36 heavy (non-hydrogen) atoms. The van der Waals surface area contributed by atoms with Crippen molar-refractivity contribution >= 4 is 42.4 Å². The second kappa shape index (κ2) is 10.2. The van der Waals surface area contributed by atoms with Gasteiger partial charge in [0, 0.05) is 62.6 Å². The minimum atomic E-state index is -4.04. The van der Waals surface area contributed by atoms with E-state index in [1.54, 1.807) is 31.2 Å². The van der Waals surface area contributed by atoms with Crippen LogP contribution in [-0.2, 0) is 24.0 Å². The zero-order valence-corrected chi connectivity index (χ0v) is 20.4. The third-order valence-electron chi connectivity index (χ3n) is 6.60. The molecule has 4 rings (SSSR count). The summed E-state index contributed by atoms with van der Waals surface area (Å²) in [5, 5.41) is 3.30. The number of nitrogens with one attached hydrogen (secondary N) is 1. The van der Waals surface area contributed by atoms with Gasteiger partial charge in [0.25, 0.3) is 11.8 Å². The van der Waals surface area contributed by atoms with Crippen molar-refractivity contribution in [2.24, 2.45) is 0 Å². The van der Waals surface area contributed by atoms with Crippen LogP contribution < -0.4 is 5.32 Å². The van der Waals surface area contributed by atoms with Crippen molar-refractivity contribution in [3.8, 4) is 0 Å². The highest BCUT2D eigenvalue weighted by molar-refractivity contribution is 6.58. The highest BCUT2D eigenvalue weighted by Crippen LogP contribution is 2.34. The van der Waals surface area contributed by atoms with Crippen molar-refractivity contribution in [2.45, 2.75) is 65.2 Å². The fraction of sp³-hybridized carbons (Fsp3) is 0.458. The predicted molar refractivity (Wildman–Crippen MR) is 128 cm³/mol. The molecule has 12 heteroatoms. The van der Waals surface area contributed by atoms with Gasteiger partial charge in [-0.25, -0.2) is 4.79 Å². The lowest BCUT2D eigenvalue weighted by Gasteiger charge is -2.30. The number of carbonyl (C=O) groups is 4. The van der Waals surface area contributed by atoms with Gasteiger partial charge in [-0.15, -0.1) is 5.06 Å². The molecule has 0 atom stereocenters. The van der Waals surface area contributed by atoms with Gasteiger partial charge in [0.1, 0.15) is 5.71 Å². The SMILES string of the molecule is Cc1cc(C)n2c1C=C1C=CC(CCC(=O)NCCCCCC(=O)ON3C(=O)CCC3=O)=[N+]1[B-]2(F)F. The topological polar surface area (TPSA) is 101 Å². The molecule has 1 fully saturated rings. The molecule has 1 aromatic heterocycles. The van der Waals surface area contributed by atoms with E-state index in [0.717, 1.165) is 14.5 Å². The predicted octanol–water partition coefficient (Wildman–Crippen LogP) is 2.77. The monoisotopic (exact) mass is 502 g/mol. The first kappa shape index (κ1) is 25.5. The fourth-order valence-electron chi connectivity index (χ4n) is 4.83. The van der Waals surface area contributed by atoms with E-state index in [1.165, 1.54) is 0 Å². The molecule has 4 heterocycles. The fourth-order valence-corrected chi connectivity index (χ4v) is 4.83. The van der Waals surface area contributed by atoms with Crippen molar-refractivity contribution < 1.29 is 37.1 Å². The number of hydrogen-bond acceptors (Lipinski definition) is 5. The van der Waals surface area contributed by atoms with Gasteiger partial charge in [-0.05, 0) is 44.0 Å². The first-order chi connectivity index (χ1) is 17.1. The maximum atomic E-state index is 15.4. The second-order valence-corrected chi connectivity index (χ2v) is 9.28. The Kier molecular flexibility index (Phi) is 7.23. The summed E-state index contributed by atoms with van der Waals surface area (Å²) in [4.78, 5) is 51.7. The molecule has 192 valence electrons. The van der Waals surface area contributed by atoms with Crippen molar-refractivity contribution in [1.82, 2.24) is 14.9 Å². The van der Waals surface area contributed by atoms with Gasteiger partial charge in [0.15, 0.2) is 5.70 Å². The van der Waals surface area contributed by atoms with Gasteiger partial charge in [0.2, 0.25) is 5.91 Å². The summed E-state index contributed by atoms with van der Waals surface area (Å²) in [5.41, 5.74) is 2.65. The zero-order chi connectivity index (χ0) is 26.0. The maximum absolute atomic E-state index is 15.4. The number of hydrogen-bond donors (Lipinski definition) is 1. The molecule has 1 aromatic rings. The number of fused-ring (bicyclic) bond motifs is 2. The number of nitrogens with zero attached hydrogens (tertiary/aromatic N) is 3. The van der Waals surface area contributed by atoms with E-state index in [2.05, 4.69) is 5.32 Å². The van der Waals surface area contributed by atoms with Gasteiger partial charge >= 0.3 is 12.9 Å². The Morgan fingerprint density at radius 2 is 1.81 bits per heavy atom. The first-order valence-corrected chi connectivity index (χ1v) is 12.2. The zero-order valence-electron chi connectivity index (χ0n) is 20.4. The van der Waals surface area contributed by atoms with Crippen molar-refractivity contribution in [3.05, 3.63) is 40.9 Å². The van der Waals surface area contributed by atoms with E-state index in [9.17, 15) is 19.2 Å². The summed E-state index contributed by atoms with van der Waals surface area (Å²) in [6, 6.07) is 1.75. The van der Waals surface area contributed by atoms with E-state index < -0.39 is 24.8 Å². The van der Waals surface area contributed by atoms with Crippen molar-refractivity contribution in [3.63, 3.8) is 0 Å². The Bertz CT molecular complexity index is 1200. The van der Waals surface area contributed by atoms with E-state index in [0.29, 0.717) is 53.7 Å². The summed E-state index contributed by atoms with van der Waals surface area (Å²) in [6.45, 7) is -0.169. The molecule has 0 saturated carbocycles. The molecule has 3 aliphatic rings. The Morgan fingerprint density at radius 3 is 2.53 bits per heavy atom. The van der Waals surface area contributed by atoms with E-state index in [4.69, 9.17) is 4.84 Å². The van der Waals surface area contributed by atoms with Crippen LogP contribution in [0, 0.1) is 13.8 Å². The largest absolute Gasteiger partial charge is 0.737 e. The minimum Gasteiger partial charge on any atom is -0.394 e. The Balaban J connectivity index is 1.18. The van der Waals surface area contributed by atoms with Gasteiger partial charge in [-0.3, -0.25) is 14.4 Å². The lowest BCUT2D eigenvalue weighted by molar-refractivity contribution is -0.362. The lowest BCUT2D eigenvalue weighted by Crippen LogP contribution is -2.50. The highest BCUT2D eigenvalue weighted by atomic mass is 19.2. The normalized spacial score (nSPS) is 17.9. The number of aryl methyl sites for hydroxylation is 2. The number of allylic oxidation sites excluding steroid dienone is 2. The van der Waals surface area contributed by atoms with Crippen molar-refractivity contribution in [2.75, 3.05) is 6.54 Å². The Morgan fingerprint density at radius 1 is 1.08 bits per heavy atom. The van der Waals surface area contributed by atoms with E-state index >= 15 is 8.63 Å². The third kappa shape index (κ3) is 5.03. The molecule has 0 spiro atoms. The Labute approximate surface area is 207 Å². The molecular formula is C24H29BF2N4O5. The van der Waals surface area contributed by atoms with Crippen LogP contribution in [0.5, 0.6) is 0 Å². The molecule has 0 bridgehead atoms. The number of imide groups is 1. The molecule has 9 nitrogen and oxygen atoms in total. The standard InChI is InChI=1S/C24H29BF2N4O5/c1-16-14-17(2)29-20(16)15-19-8-7-18(30(19)25(29,26)27)9-10-21(32)28-13-5-3-4-6-24(35)36-31-22(33)11-12-23(31)34/h7-8,14-15H,3-6,9-13H2,1-2H3,(H,28,32). The van der Waals surface area contributed by atoms with Crippen LogP contribution in [0.1, 0.15) is 68.3 Å². The molecule has 0 unspecified atom stereocenters. The number of hydroxylamine groups is 2. The second-order valence-electron chi connectivity index (χ2n) is 9.28. The van der Waals surface area contributed by atoms with Crippen LogP contribution in [0.2, 0.25) is 0 Å². The van der Waals surface area contributed by atoms with Gasteiger partial charge in [-0.2, -0.15) is 0 Å². The molecule has 0 aliphatic carbocycles. The number of carbonyl (C=O) groups excluding carboxylic acids is 4. The number of amides is 3. The van der Waals surface area contributed by atoms with Crippen LogP contribution in [0.15, 0.2) is 23.9 Å². The first-order valence-electron chi connectivity index (χ1n) is 12.2. The van der Waals surface area contributed by atoms with Crippen LogP contribution in [-0.4, -0.2) is 56.9 Å². The average Bonchev–Trinajstić information content (AvgIpc) is 3.46. The molecule has 0 aromatic carbocycles. The summed E-state index contributed by atoms with van der Waals surface area (Å²) >= 11 is 0. The summed E-state index contributed by atoms with van der Waals surface area (Å²) in [7, 11) is 0. The molecule has 3 aliphatic heterocycles. The number of unbranched alkanes of at least 4 members (excludes halogenated alkanes) is 2. The molecule has 1 N–H and O–H groups in total.